The number of hydrogen-bond acceptors (Lipinski definition) is 2. The van der Waals surface area contributed by atoms with E-state index in [1.54, 1.807) is 0 Å². The summed E-state index contributed by atoms with van der Waals surface area (Å²) in [4.78, 5) is 5.38. The molecule has 2 aromatic heterocycles. The maximum Gasteiger partial charge on any atom is 0.144 e. The largest absolute Gasteiger partial charge is 0.455 e. The highest BCUT2D eigenvalue weighted by Crippen LogP contribution is 2.44. The monoisotopic (exact) mass is 773 g/mol. The molecule has 0 bridgehead atoms. The summed E-state index contributed by atoms with van der Waals surface area (Å²) < 4.78 is 6.65. The summed E-state index contributed by atoms with van der Waals surface area (Å²) in [6.45, 7) is 0. The van der Waals surface area contributed by atoms with Crippen molar-refractivity contribution in [2.75, 3.05) is 0 Å². The Morgan fingerprint density at radius 2 is 0.787 bits per heavy atom. The molecule has 11 aromatic carbocycles. The van der Waals surface area contributed by atoms with Crippen molar-refractivity contribution in [2.45, 2.75) is 0 Å². The molecule has 0 aliphatic carbocycles. The van der Waals surface area contributed by atoms with Gasteiger partial charge in [0.05, 0.1) is 11.2 Å². The Labute approximate surface area is 351 Å². The van der Waals surface area contributed by atoms with Gasteiger partial charge >= 0.3 is 0 Å². The molecule has 0 radical (unpaired) electrons. The van der Waals surface area contributed by atoms with Gasteiger partial charge in [0.2, 0.25) is 0 Å². The average molecular weight is 774 g/mol. The van der Waals surface area contributed by atoms with Gasteiger partial charge in [0.1, 0.15) is 11.2 Å². The molecule has 13 rings (SSSR count). The fraction of sp³-hybridized carbons (Fsp3) is 0. The Morgan fingerprint density at radius 3 is 1.46 bits per heavy atom. The number of aromatic nitrogens is 1. The van der Waals surface area contributed by atoms with Gasteiger partial charge in [-0.1, -0.05) is 158 Å². The number of rotatable bonds is 4. The van der Waals surface area contributed by atoms with Crippen LogP contribution < -0.4 is 0 Å². The van der Waals surface area contributed by atoms with Crippen molar-refractivity contribution in [3.05, 3.63) is 212 Å². The van der Waals surface area contributed by atoms with Gasteiger partial charge in [-0.15, -0.1) is 0 Å². The standard InChI is InChI=1S/C59H35NO/c1-3-18-43-37(14-1)34-53(47-22-7-5-20-45(43)47)41-31-40(32-42(33-41)54-35-38-15-2-4-19-44(38)46-21-6-8-23-48(46)54)36-16-13-17-39(30-36)58-52-29-28-50-49-24-10-12-27-56(49)61-59(50)57(52)51-25-9-11-26-55(51)60-58/h1-35H. The first-order valence-electron chi connectivity index (χ1n) is 20.9. The van der Waals surface area contributed by atoms with Gasteiger partial charge < -0.3 is 4.42 Å². The van der Waals surface area contributed by atoms with Crippen LogP contribution in [0.2, 0.25) is 0 Å². The van der Waals surface area contributed by atoms with Crippen molar-refractivity contribution >= 4 is 86.7 Å². The minimum atomic E-state index is 0.892. The van der Waals surface area contributed by atoms with E-state index < -0.39 is 0 Å². The van der Waals surface area contributed by atoms with Crippen LogP contribution in [0.1, 0.15) is 0 Å². The third kappa shape index (κ3) is 5.26. The van der Waals surface area contributed by atoms with E-state index in [0.29, 0.717) is 0 Å². The molecule has 282 valence electrons. The predicted octanol–water partition coefficient (Wildman–Crippen LogP) is 16.6. The van der Waals surface area contributed by atoms with Crippen molar-refractivity contribution < 1.29 is 4.42 Å². The highest BCUT2D eigenvalue weighted by molar-refractivity contribution is 6.25. The van der Waals surface area contributed by atoms with E-state index in [0.717, 1.165) is 66.0 Å². The van der Waals surface area contributed by atoms with E-state index in [9.17, 15) is 0 Å². The molecule has 0 unspecified atom stereocenters. The van der Waals surface area contributed by atoms with Crippen LogP contribution in [0.25, 0.3) is 131 Å². The summed E-state index contributed by atoms with van der Waals surface area (Å²) in [7, 11) is 0. The molecule has 0 aliphatic heterocycles. The molecule has 0 saturated heterocycles. The summed E-state index contributed by atoms with van der Waals surface area (Å²) in [6, 6.07) is 77.2. The second-order valence-electron chi connectivity index (χ2n) is 16.2. The second kappa shape index (κ2) is 13.2. The molecule has 2 heterocycles. The van der Waals surface area contributed by atoms with Crippen LogP contribution in [0.3, 0.4) is 0 Å². The van der Waals surface area contributed by atoms with Crippen LogP contribution in [0.4, 0.5) is 0 Å². The molecule has 0 saturated carbocycles. The lowest BCUT2D eigenvalue weighted by Gasteiger charge is -2.17. The van der Waals surface area contributed by atoms with Crippen molar-refractivity contribution in [3.63, 3.8) is 0 Å². The molecule has 0 fully saturated rings. The summed E-state index contributed by atoms with van der Waals surface area (Å²) in [6.07, 6.45) is 0. The van der Waals surface area contributed by atoms with Gasteiger partial charge in [-0.2, -0.15) is 0 Å². The number of hydrogen-bond donors (Lipinski definition) is 0. The molecule has 2 heteroatoms. The van der Waals surface area contributed by atoms with E-state index in [1.807, 2.05) is 6.07 Å². The van der Waals surface area contributed by atoms with Gasteiger partial charge in [0.15, 0.2) is 0 Å². The molecule has 0 atom stereocenters. The summed E-state index contributed by atoms with van der Waals surface area (Å²) in [5, 5.41) is 15.5. The number of pyridine rings is 1. The Kier molecular flexibility index (Phi) is 7.34. The quantitative estimate of drug-likeness (QED) is 0.167. The average Bonchev–Trinajstić information content (AvgIpc) is 3.72. The highest BCUT2D eigenvalue weighted by atomic mass is 16.3. The maximum atomic E-state index is 6.65. The fourth-order valence-electron chi connectivity index (χ4n) is 9.97. The van der Waals surface area contributed by atoms with E-state index in [-0.39, 0.29) is 0 Å². The Morgan fingerprint density at radius 1 is 0.295 bits per heavy atom. The molecular weight excluding hydrogens is 739 g/mol. The van der Waals surface area contributed by atoms with Gasteiger partial charge in [-0.3, -0.25) is 0 Å². The first kappa shape index (κ1) is 33.9. The second-order valence-corrected chi connectivity index (χ2v) is 16.2. The Bertz CT molecular complexity index is 3810. The number of para-hydroxylation sites is 2. The molecular formula is C59H35NO. The number of nitrogens with zero attached hydrogens (tertiary/aromatic N) is 1. The van der Waals surface area contributed by atoms with E-state index >= 15 is 0 Å². The summed E-state index contributed by atoms with van der Waals surface area (Å²) in [5.74, 6) is 0. The van der Waals surface area contributed by atoms with Crippen molar-refractivity contribution in [1.29, 1.82) is 0 Å². The number of benzene rings is 11. The van der Waals surface area contributed by atoms with Crippen molar-refractivity contribution in [3.8, 4) is 44.6 Å². The van der Waals surface area contributed by atoms with Crippen LogP contribution in [-0.4, -0.2) is 4.98 Å². The number of fused-ring (bicyclic) bond motifs is 13. The van der Waals surface area contributed by atoms with E-state index in [2.05, 4.69) is 206 Å². The zero-order chi connectivity index (χ0) is 40.0. The molecule has 0 N–H and O–H groups in total. The summed E-state index contributed by atoms with van der Waals surface area (Å²) >= 11 is 0. The number of furan rings is 1. The van der Waals surface area contributed by atoms with Crippen LogP contribution in [0.15, 0.2) is 217 Å². The van der Waals surface area contributed by atoms with E-state index in [1.165, 1.54) is 65.3 Å². The molecule has 0 amide bonds. The molecule has 13 aromatic rings. The molecule has 0 spiro atoms. The van der Waals surface area contributed by atoms with E-state index in [4.69, 9.17) is 9.40 Å². The van der Waals surface area contributed by atoms with Crippen LogP contribution in [-0.2, 0) is 0 Å². The third-order valence-electron chi connectivity index (χ3n) is 12.8. The Balaban J connectivity index is 1.08. The maximum absolute atomic E-state index is 6.65. The fourth-order valence-corrected chi connectivity index (χ4v) is 9.97. The zero-order valence-electron chi connectivity index (χ0n) is 33.1. The minimum absolute atomic E-state index is 0.892. The van der Waals surface area contributed by atoms with Gasteiger partial charge in [-0.05, 0) is 131 Å². The SMILES string of the molecule is c1cc(-c2cc(-c3cc4ccccc4c4ccccc34)cc(-c3cc4ccccc4c4ccccc34)c2)cc(-c2nc3ccccc3c3c2ccc2c4ccccc4oc23)c1. The zero-order valence-corrected chi connectivity index (χ0v) is 33.1. The Hall–Kier alpha value is -8.07. The minimum Gasteiger partial charge on any atom is -0.455 e. The molecule has 2 nitrogen and oxygen atoms in total. The molecule has 61 heavy (non-hydrogen) atoms. The first-order valence-corrected chi connectivity index (χ1v) is 20.9. The highest BCUT2D eigenvalue weighted by Gasteiger charge is 2.19. The van der Waals surface area contributed by atoms with Gasteiger partial charge in [0.25, 0.3) is 0 Å². The lowest BCUT2D eigenvalue weighted by atomic mass is 9.87. The van der Waals surface area contributed by atoms with Crippen LogP contribution >= 0.6 is 0 Å². The topological polar surface area (TPSA) is 26.0 Å². The van der Waals surface area contributed by atoms with Crippen molar-refractivity contribution in [1.82, 2.24) is 4.98 Å². The van der Waals surface area contributed by atoms with Crippen LogP contribution in [0, 0.1) is 0 Å². The smallest absolute Gasteiger partial charge is 0.144 e. The van der Waals surface area contributed by atoms with Gasteiger partial charge in [0, 0.05) is 32.5 Å². The van der Waals surface area contributed by atoms with Crippen LogP contribution in [0.5, 0.6) is 0 Å². The lowest BCUT2D eigenvalue weighted by molar-refractivity contribution is 0.673. The summed E-state index contributed by atoms with van der Waals surface area (Å²) in [5.41, 5.74) is 11.8. The molecule has 0 aliphatic rings. The van der Waals surface area contributed by atoms with Gasteiger partial charge in [-0.25, -0.2) is 4.98 Å². The lowest BCUT2D eigenvalue weighted by Crippen LogP contribution is -1.92. The van der Waals surface area contributed by atoms with Crippen molar-refractivity contribution in [2.24, 2.45) is 0 Å². The normalized spacial score (nSPS) is 11.9. The predicted molar refractivity (Wildman–Crippen MR) is 258 cm³/mol. The third-order valence-corrected chi connectivity index (χ3v) is 12.8. The first-order chi connectivity index (χ1) is 30.2.